The standard InChI is InChI=1S/C25H24O2/c1-16(2)14-22-21-13-12-20(27)15-23(21)24(17-6-4-3-5-7-17)25(22)18-8-10-19(26)11-9-18/h3-13,15-16,24,26-27H,14H2,1-2H3. The highest BCUT2D eigenvalue weighted by Crippen LogP contribution is 2.52. The SMILES string of the molecule is CC(C)CC1=C(c2ccc(O)cc2)C(c2ccccc2)c2cc(O)ccc21. The Kier molecular flexibility index (Phi) is 4.49. The molecule has 0 saturated heterocycles. The number of allylic oxidation sites excluding steroid dienone is 2. The molecular formula is C25H24O2. The monoisotopic (exact) mass is 356 g/mol. The van der Waals surface area contributed by atoms with Gasteiger partial charge in [0.05, 0.1) is 0 Å². The van der Waals surface area contributed by atoms with Crippen molar-refractivity contribution in [2.45, 2.75) is 26.2 Å². The maximum absolute atomic E-state index is 10.2. The van der Waals surface area contributed by atoms with Gasteiger partial charge in [-0.3, -0.25) is 0 Å². The van der Waals surface area contributed by atoms with Gasteiger partial charge in [-0.15, -0.1) is 0 Å². The normalized spacial score (nSPS) is 16.0. The summed E-state index contributed by atoms with van der Waals surface area (Å²) in [5.74, 6) is 1.16. The van der Waals surface area contributed by atoms with E-state index >= 15 is 0 Å². The Morgan fingerprint density at radius 1 is 0.815 bits per heavy atom. The van der Waals surface area contributed by atoms with Crippen molar-refractivity contribution in [2.24, 2.45) is 5.92 Å². The van der Waals surface area contributed by atoms with Gasteiger partial charge in [0.15, 0.2) is 0 Å². The summed E-state index contributed by atoms with van der Waals surface area (Å²) in [6, 6.07) is 23.7. The van der Waals surface area contributed by atoms with Crippen LogP contribution in [0.3, 0.4) is 0 Å². The molecule has 0 spiro atoms. The molecule has 0 aliphatic heterocycles. The van der Waals surface area contributed by atoms with Crippen LogP contribution in [-0.4, -0.2) is 10.2 Å². The summed E-state index contributed by atoms with van der Waals surface area (Å²) in [6.45, 7) is 4.47. The van der Waals surface area contributed by atoms with E-state index in [9.17, 15) is 10.2 Å². The van der Waals surface area contributed by atoms with Gasteiger partial charge in [0.25, 0.3) is 0 Å². The molecule has 2 nitrogen and oxygen atoms in total. The summed E-state index contributed by atoms with van der Waals surface area (Å²) >= 11 is 0. The largest absolute Gasteiger partial charge is 0.508 e. The van der Waals surface area contributed by atoms with Crippen molar-refractivity contribution in [3.8, 4) is 11.5 Å². The maximum atomic E-state index is 10.2. The van der Waals surface area contributed by atoms with E-state index in [-0.39, 0.29) is 11.7 Å². The lowest BCUT2D eigenvalue weighted by molar-refractivity contribution is 0.474. The smallest absolute Gasteiger partial charge is 0.115 e. The molecule has 1 aliphatic rings. The predicted octanol–water partition coefficient (Wildman–Crippen LogP) is 6.20. The summed E-state index contributed by atoms with van der Waals surface area (Å²) < 4.78 is 0. The van der Waals surface area contributed by atoms with Gasteiger partial charge in [-0.1, -0.05) is 62.4 Å². The van der Waals surface area contributed by atoms with E-state index in [1.54, 1.807) is 18.2 Å². The first-order valence-electron chi connectivity index (χ1n) is 9.45. The van der Waals surface area contributed by atoms with Crippen molar-refractivity contribution in [3.63, 3.8) is 0 Å². The van der Waals surface area contributed by atoms with E-state index in [1.165, 1.54) is 22.3 Å². The number of fused-ring (bicyclic) bond motifs is 1. The molecule has 1 aliphatic carbocycles. The number of phenols is 2. The Balaban J connectivity index is 1.99. The van der Waals surface area contributed by atoms with Crippen molar-refractivity contribution < 1.29 is 10.2 Å². The van der Waals surface area contributed by atoms with Crippen molar-refractivity contribution in [1.29, 1.82) is 0 Å². The van der Waals surface area contributed by atoms with Crippen LogP contribution in [0.4, 0.5) is 0 Å². The second kappa shape index (κ2) is 6.96. The van der Waals surface area contributed by atoms with Crippen molar-refractivity contribution in [1.82, 2.24) is 0 Å². The predicted molar refractivity (Wildman–Crippen MR) is 111 cm³/mol. The van der Waals surface area contributed by atoms with Crippen LogP contribution in [-0.2, 0) is 0 Å². The van der Waals surface area contributed by atoms with Crippen LogP contribution < -0.4 is 0 Å². The van der Waals surface area contributed by atoms with E-state index in [0.29, 0.717) is 11.7 Å². The van der Waals surface area contributed by atoms with E-state index < -0.39 is 0 Å². The fraction of sp³-hybridized carbons (Fsp3) is 0.200. The van der Waals surface area contributed by atoms with Crippen LogP contribution in [0.25, 0.3) is 11.1 Å². The zero-order chi connectivity index (χ0) is 19.0. The molecule has 0 amide bonds. The second-order valence-corrected chi connectivity index (χ2v) is 7.65. The molecule has 0 heterocycles. The van der Waals surface area contributed by atoms with Crippen molar-refractivity contribution in [3.05, 3.63) is 95.1 Å². The number of aromatic hydroxyl groups is 2. The molecule has 27 heavy (non-hydrogen) atoms. The Morgan fingerprint density at radius 3 is 2.15 bits per heavy atom. The number of benzene rings is 3. The number of rotatable bonds is 4. The highest BCUT2D eigenvalue weighted by molar-refractivity contribution is 6.01. The lowest BCUT2D eigenvalue weighted by Crippen LogP contribution is -2.01. The van der Waals surface area contributed by atoms with Gasteiger partial charge >= 0.3 is 0 Å². The first-order valence-corrected chi connectivity index (χ1v) is 9.45. The molecule has 0 bridgehead atoms. The fourth-order valence-corrected chi connectivity index (χ4v) is 4.14. The summed E-state index contributed by atoms with van der Waals surface area (Å²) in [5, 5.41) is 19.9. The summed E-state index contributed by atoms with van der Waals surface area (Å²) in [5.41, 5.74) is 7.31. The minimum Gasteiger partial charge on any atom is -0.508 e. The molecule has 2 N–H and O–H groups in total. The zero-order valence-electron chi connectivity index (χ0n) is 15.7. The quantitative estimate of drug-likeness (QED) is 0.584. The van der Waals surface area contributed by atoms with Crippen molar-refractivity contribution >= 4 is 11.1 Å². The van der Waals surface area contributed by atoms with Crippen LogP contribution in [0.5, 0.6) is 11.5 Å². The Hall–Kier alpha value is -3.00. The molecule has 0 saturated carbocycles. The molecule has 4 rings (SSSR count). The third-order valence-electron chi connectivity index (χ3n) is 5.21. The Bertz CT molecular complexity index is 983. The van der Waals surface area contributed by atoms with E-state index in [0.717, 1.165) is 17.5 Å². The van der Waals surface area contributed by atoms with Crippen LogP contribution in [0.2, 0.25) is 0 Å². The number of hydrogen-bond donors (Lipinski definition) is 2. The molecular weight excluding hydrogens is 332 g/mol. The Morgan fingerprint density at radius 2 is 1.48 bits per heavy atom. The Labute approximate surface area is 160 Å². The van der Waals surface area contributed by atoms with E-state index in [4.69, 9.17) is 0 Å². The highest BCUT2D eigenvalue weighted by Gasteiger charge is 2.33. The third kappa shape index (κ3) is 3.23. The van der Waals surface area contributed by atoms with Crippen LogP contribution in [0, 0.1) is 5.92 Å². The van der Waals surface area contributed by atoms with Gasteiger partial charge in [0.2, 0.25) is 0 Å². The molecule has 1 unspecified atom stereocenters. The second-order valence-electron chi connectivity index (χ2n) is 7.65. The van der Waals surface area contributed by atoms with E-state index in [2.05, 4.69) is 38.1 Å². The number of phenolic OH excluding ortho intramolecular Hbond substituents is 2. The third-order valence-corrected chi connectivity index (χ3v) is 5.21. The molecule has 3 aromatic carbocycles. The van der Waals surface area contributed by atoms with Gasteiger partial charge in [0.1, 0.15) is 11.5 Å². The van der Waals surface area contributed by atoms with Gasteiger partial charge < -0.3 is 10.2 Å². The number of hydrogen-bond acceptors (Lipinski definition) is 2. The topological polar surface area (TPSA) is 40.5 Å². The lowest BCUT2D eigenvalue weighted by Gasteiger charge is -2.19. The fourth-order valence-electron chi connectivity index (χ4n) is 4.14. The molecule has 0 fully saturated rings. The summed E-state index contributed by atoms with van der Waals surface area (Å²) in [6.07, 6.45) is 0.970. The van der Waals surface area contributed by atoms with Crippen LogP contribution in [0.1, 0.15) is 48.4 Å². The minimum atomic E-state index is 0.0755. The van der Waals surface area contributed by atoms with Crippen LogP contribution in [0.15, 0.2) is 72.8 Å². The zero-order valence-corrected chi connectivity index (χ0v) is 15.7. The molecule has 136 valence electrons. The van der Waals surface area contributed by atoms with E-state index in [1.807, 2.05) is 30.3 Å². The van der Waals surface area contributed by atoms with Crippen LogP contribution >= 0.6 is 0 Å². The van der Waals surface area contributed by atoms with Gasteiger partial charge in [-0.05, 0) is 70.0 Å². The average Bonchev–Trinajstić information content (AvgIpc) is 2.96. The first kappa shape index (κ1) is 17.4. The average molecular weight is 356 g/mol. The molecule has 0 radical (unpaired) electrons. The summed E-state index contributed by atoms with van der Waals surface area (Å²) in [4.78, 5) is 0. The molecule has 0 aromatic heterocycles. The van der Waals surface area contributed by atoms with Gasteiger partial charge in [-0.25, -0.2) is 0 Å². The molecule has 1 atom stereocenters. The lowest BCUT2D eigenvalue weighted by atomic mass is 9.84. The van der Waals surface area contributed by atoms with Gasteiger partial charge in [-0.2, -0.15) is 0 Å². The summed E-state index contributed by atoms with van der Waals surface area (Å²) in [7, 11) is 0. The maximum Gasteiger partial charge on any atom is 0.115 e. The molecule has 3 aromatic rings. The minimum absolute atomic E-state index is 0.0755. The molecule has 2 heteroatoms. The first-order chi connectivity index (χ1) is 13.0. The van der Waals surface area contributed by atoms with Gasteiger partial charge in [0, 0.05) is 5.92 Å². The van der Waals surface area contributed by atoms with Crippen molar-refractivity contribution in [2.75, 3.05) is 0 Å². The highest BCUT2D eigenvalue weighted by atomic mass is 16.3.